The van der Waals surface area contributed by atoms with Crippen LogP contribution in [0.25, 0.3) is 0 Å². The molecule has 0 unspecified atom stereocenters. The van der Waals surface area contributed by atoms with Crippen LogP contribution < -0.4 is 0 Å². The highest BCUT2D eigenvalue weighted by molar-refractivity contribution is 7.90. The number of sulfone groups is 1. The van der Waals surface area contributed by atoms with Gasteiger partial charge in [-0.25, -0.2) is 8.42 Å². The molecule has 0 fully saturated rings. The third-order valence-electron chi connectivity index (χ3n) is 2.73. The first kappa shape index (κ1) is 14.3. The van der Waals surface area contributed by atoms with E-state index in [1.807, 2.05) is 0 Å². The van der Waals surface area contributed by atoms with Gasteiger partial charge in [0.25, 0.3) is 0 Å². The number of aromatic nitrogens is 2. The first-order chi connectivity index (χ1) is 9.36. The highest BCUT2D eigenvalue weighted by Gasteiger charge is 2.14. The molecule has 2 rings (SSSR count). The van der Waals surface area contributed by atoms with Crippen LogP contribution in [0.2, 0.25) is 0 Å². The summed E-state index contributed by atoms with van der Waals surface area (Å²) in [7, 11) is -1.66. The van der Waals surface area contributed by atoms with Gasteiger partial charge in [-0.2, -0.15) is 5.10 Å². The largest absolute Gasteiger partial charge is 0.467 e. The van der Waals surface area contributed by atoms with E-state index in [0.29, 0.717) is 12.3 Å². The summed E-state index contributed by atoms with van der Waals surface area (Å²) < 4.78 is 29.1. The standard InChI is InChI=1S/C12H15N3O4S/c1-14(7-10-4-3-5-19-10)12(16)9-15-8-11(6-13-15)20(2,17)18/h3-6,8H,7,9H2,1-2H3. The number of carbonyl (C=O) groups excluding carboxylic acids is 1. The SMILES string of the molecule is CN(Cc1ccco1)C(=O)Cn1cc(S(C)(=O)=O)cn1. The molecule has 0 radical (unpaired) electrons. The molecule has 2 aromatic heterocycles. The van der Waals surface area contributed by atoms with E-state index in [1.165, 1.54) is 22.0 Å². The number of hydrogen-bond donors (Lipinski definition) is 0. The van der Waals surface area contributed by atoms with Gasteiger partial charge in [0.05, 0.1) is 19.0 Å². The second-order valence-corrected chi connectivity index (χ2v) is 6.49. The highest BCUT2D eigenvalue weighted by atomic mass is 32.2. The summed E-state index contributed by atoms with van der Waals surface area (Å²) in [5.41, 5.74) is 0. The van der Waals surface area contributed by atoms with Crippen molar-refractivity contribution < 1.29 is 17.6 Å². The molecule has 0 N–H and O–H groups in total. The molecule has 2 heterocycles. The zero-order chi connectivity index (χ0) is 14.8. The number of hydrogen-bond acceptors (Lipinski definition) is 5. The van der Waals surface area contributed by atoms with Crippen LogP contribution in [0.15, 0.2) is 40.1 Å². The predicted molar refractivity (Wildman–Crippen MR) is 70.5 cm³/mol. The Labute approximate surface area is 116 Å². The van der Waals surface area contributed by atoms with E-state index in [1.54, 1.807) is 25.4 Å². The van der Waals surface area contributed by atoms with Crippen LogP contribution in [-0.2, 0) is 27.7 Å². The van der Waals surface area contributed by atoms with Crippen molar-refractivity contribution >= 4 is 15.7 Å². The molecule has 1 amide bonds. The lowest BCUT2D eigenvalue weighted by Gasteiger charge is -2.15. The van der Waals surface area contributed by atoms with Crippen molar-refractivity contribution in [2.75, 3.05) is 13.3 Å². The van der Waals surface area contributed by atoms with Crippen LogP contribution in [0.1, 0.15) is 5.76 Å². The van der Waals surface area contributed by atoms with E-state index in [9.17, 15) is 13.2 Å². The molecule has 20 heavy (non-hydrogen) atoms. The van der Waals surface area contributed by atoms with Crippen LogP contribution in [0.5, 0.6) is 0 Å². The van der Waals surface area contributed by atoms with Crippen molar-refractivity contribution in [3.05, 3.63) is 36.5 Å². The van der Waals surface area contributed by atoms with Gasteiger partial charge in [0.2, 0.25) is 5.91 Å². The van der Waals surface area contributed by atoms with E-state index in [4.69, 9.17) is 4.42 Å². The van der Waals surface area contributed by atoms with Crippen molar-refractivity contribution in [3.8, 4) is 0 Å². The van der Waals surface area contributed by atoms with Gasteiger partial charge in [-0.1, -0.05) is 0 Å². The van der Waals surface area contributed by atoms with Crippen molar-refractivity contribution in [1.82, 2.24) is 14.7 Å². The molecule has 0 spiro atoms. The smallest absolute Gasteiger partial charge is 0.244 e. The average Bonchev–Trinajstić information content (AvgIpc) is 2.98. The van der Waals surface area contributed by atoms with E-state index in [-0.39, 0.29) is 17.3 Å². The minimum atomic E-state index is -3.30. The van der Waals surface area contributed by atoms with Crippen LogP contribution in [0.3, 0.4) is 0 Å². The van der Waals surface area contributed by atoms with Crippen molar-refractivity contribution in [2.45, 2.75) is 18.0 Å². The van der Waals surface area contributed by atoms with Gasteiger partial charge in [-0.3, -0.25) is 9.48 Å². The third-order valence-corrected chi connectivity index (χ3v) is 3.80. The van der Waals surface area contributed by atoms with Crippen LogP contribution >= 0.6 is 0 Å². The molecule has 0 saturated carbocycles. The van der Waals surface area contributed by atoms with Gasteiger partial charge in [0.1, 0.15) is 17.2 Å². The number of amides is 1. The first-order valence-electron chi connectivity index (χ1n) is 5.85. The molecule has 7 nitrogen and oxygen atoms in total. The second kappa shape index (κ2) is 5.49. The number of furan rings is 1. The minimum Gasteiger partial charge on any atom is -0.467 e. The van der Waals surface area contributed by atoms with E-state index in [0.717, 1.165) is 6.26 Å². The fourth-order valence-corrected chi connectivity index (χ4v) is 2.16. The molecule has 0 aliphatic rings. The van der Waals surface area contributed by atoms with E-state index < -0.39 is 9.84 Å². The summed E-state index contributed by atoms with van der Waals surface area (Å²) in [5, 5.41) is 3.87. The number of nitrogens with zero attached hydrogens (tertiary/aromatic N) is 3. The maximum Gasteiger partial charge on any atom is 0.244 e. The van der Waals surface area contributed by atoms with Crippen molar-refractivity contribution in [3.63, 3.8) is 0 Å². The lowest BCUT2D eigenvalue weighted by Crippen LogP contribution is -2.29. The normalized spacial score (nSPS) is 11.5. The summed E-state index contributed by atoms with van der Waals surface area (Å²) in [6.45, 7) is 0.332. The monoisotopic (exact) mass is 297 g/mol. The van der Waals surface area contributed by atoms with Crippen LogP contribution in [-0.4, -0.2) is 42.3 Å². The molecular formula is C12H15N3O4S. The van der Waals surface area contributed by atoms with Gasteiger partial charge in [0, 0.05) is 19.5 Å². The Morgan fingerprint density at radius 3 is 2.80 bits per heavy atom. The van der Waals surface area contributed by atoms with E-state index in [2.05, 4.69) is 5.10 Å². The molecule has 0 bridgehead atoms. The highest BCUT2D eigenvalue weighted by Crippen LogP contribution is 2.08. The third kappa shape index (κ3) is 3.47. The van der Waals surface area contributed by atoms with Gasteiger partial charge >= 0.3 is 0 Å². The van der Waals surface area contributed by atoms with Crippen LogP contribution in [0, 0.1) is 0 Å². The predicted octanol–water partition coefficient (Wildman–Crippen LogP) is 0.538. The van der Waals surface area contributed by atoms with Crippen molar-refractivity contribution in [2.24, 2.45) is 0 Å². The zero-order valence-electron chi connectivity index (χ0n) is 11.2. The van der Waals surface area contributed by atoms with Gasteiger partial charge in [0.15, 0.2) is 9.84 Å². The lowest BCUT2D eigenvalue weighted by atomic mass is 10.4. The Bertz CT molecular complexity index is 688. The fourth-order valence-electron chi connectivity index (χ4n) is 1.61. The molecular weight excluding hydrogens is 282 g/mol. The number of carbonyl (C=O) groups is 1. The van der Waals surface area contributed by atoms with Gasteiger partial charge in [-0.05, 0) is 12.1 Å². The number of rotatable bonds is 5. The van der Waals surface area contributed by atoms with Gasteiger partial charge in [-0.15, -0.1) is 0 Å². The summed E-state index contributed by atoms with van der Waals surface area (Å²) in [5.74, 6) is 0.489. The molecule has 0 atom stereocenters. The Hall–Kier alpha value is -2.09. The molecule has 8 heteroatoms. The first-order valence-corrected chi connectivity index (χ1v) is 7.74. The Morgan fingerprint density at radius 2 is 2.25 bits per heavy atom. The van der Waals surface area contributed by atoms with E-state index >= 15 is 0 Å². The quantitative estimate of drug-likeness (QED) is 0.804. The molecule has 0 aliphatic carbocycles. The number of likely N-dealkylation sites (N-methyl/N-ethyl adjacent to an activating group) is 1. The Morgan fingerprint density at radius 1 is 1.50 bits per heavy atom. The Kier molecular flexibility index (Phi) is 3.93. The summed E-state index contributed by atoms with van der Waals surface area (Å²) in [6.07, 6.45) is 5.21. The maximum atomic E-state index is 12.0. The lowest BCUT2D eigenvalue weighted by molar-refractivity contribution is -0.131. The summed E-state index contributed by atoms with van der Waals surface area (Å²) in [6, 6.07) is 3.53. The fraction of sp³-hybridized carbons (Fsp3) is 0.333. The Balaban J connectivity index is 1.99. The topological polar surface area (TPSA) is 85.4 Å². The van der Waals surface area contributed by atoms with Crippen molar-refractivity contribution in [1.29, 1.82) is 0 Å². The average molecular weight is 297 g/mol. The maximum absolute atomic E-state index is 12.0. The molecule has 0 aromatic carbocycles. The molecule has 0 aliphatic heterocycles. The molecule has 0 saturated heterocycles. The van der Waals surface area contributed by atoms with Gasteiger partial charge < -0.3 is 9.32 Å². The van der Waals surface area contributed by atoms with Crippen LogP contribution in [0.4, 0.5) is 0 Å². The summed E-state index contributed by atoms with van der Waals surface area (Å²) >= 11 is 0. The summed E-state index contributed by atoms with van der Waals surface area (Å²) in [4.78, 5) is 13.6. The minimum absolute atomic E-state index is 0.0211. The zero-order valence-corrected chi connectivity index (χ0v) is 12.0. The molecule has 108 valence electrons. The molecule has 2 aromatic rings. The second-order valence-electron chi connectivity index (χ2n) is 4.47.